The Labute approximate surface area is 149 Å². The van der Waals surface area contributed by atoms with Crippen molar-refractivity contribution in [3.63, 3.8) is 0 Å². The Morgan fingerprint density at radius 3 is 2.58 bits per heavy atom. The largest absolute Gasteiger partial charge is 0.417 e. The van der Waals surface area contributed by atoms with E-state index in [-0.39, 0.29) is 10.5 Å². The van der Waals surface area contributed by atoms with Gasteiger partial charge in [0, 0.05) is 31.4 Å². The molecule has 0 saturated heterocycles. The lowest BCUT2D eigenvalue weighted by atomic mass is 10.1. The zero-order valence-electron chi connectivity index (χ0n) is 14.4. The maximum Gasteiger partial charge on any atom is 0.417 e. The fraction of sp³-hybridized carbons (Fsp3) is 0.176. The van der Waals surface area contributed by atoms with Gasteiger partial charge in [0.05, 0.1) is 10.4 Å². The molecule has 1 amide bonds. The van der Waals surface area contributed by atoms with Gasteiger partial charge in [-0.2, -0.15) is 0 Å². The summed E-state index contributed by atoms with van der Waals surface area (Å²) in [4.78, 5) is 26.3. The molecule has 0 unspecified atom stereocenters. The first-order valence-corrected chi connectivity index (χ1v) is 9.10. The number of aromatic amines is 1. The fourth-order valence-electron chi connectivity index (χ4n) is 2.44. The van der Waals surface area contributed by atoms with Crippen molar-refractivity contribution >= 4 is 32.7 Å². The minimum absolute atomic E-state index is 0.0715. The number of hydrogen-bond acceptors (Lipinski definition) is 5. The van der Waals surface area contributed by atoms with Crippen molar-refractivity contribution < 1.29 is 17.6 Å². The van der Waals surface area contributed by atoms with E-state index in [2.05, 4.69) is 10.3 Å². The molecule has 0 aliphatic carbocycles. The first kappa shape index (κ1) is 17.9. The standard InChI is InChI=1S/C17H17N3O5S/c1-10-4-5-11(8-15(10)26(23,24)20(2)3)16(21)18-12-6-7-13-14(9-12)25-17(22)19-13/h4-9H,1-3H3,(H,18,21)(H,19,22). The molecule has 26 heavy (non-hydrogen) atoms. The van der Waals surface area contributed by atoms with Crippen molar-refractivity contribution in [2.45, 2.75) is 11.8 Å². The van der Waals surface area contributed by atoms with E-state index in [4.69, 9.17) is 4.42 Å². The highest BCUT2D eigenvalue weighted by molar-refractivity contribution is 7.89. The molecule has 8 nitrogen and oxygen atoms in total. The van der Waals surface area contributed by atoms with Crippen LogP contribution in [0.2, 0.25) is 0 Å². The number of carbonyl (C=O) groups is 1. The predicted octanol–water partition coefficient (Wildman–Crippen LogP) is 1.93. The number of rotatable bonds is 4. The number of nitrogens with one attached hydrogen (secondary N) is 2. The van der Waals surface area contributed by atoms with E-state index in [9.17, 15) is 18.0 Å². The lowest BCUT2D eigenvalue weighted by molar-refractivity contribution is 0.102. The van der Waals surface area contributed by atoms with Crippen molar-refractivity contribution in [2.75, 3.05) is 19.4 Å². The summed E-state index contributed by atoms with van der Waals surface area (Å²) in [5, 5.41) is 2.66. The summed E-state index contributed by atoms with van der Waals surface area (Å²) < 4.78 is 30.8. The highest BCUT2D eigenvalue weighted by Crippen LogP contribution is 2.21. The number of H-pyrrole nitrogens is 1. The summed E-state index contributed by atoms with van der Waals surface area (Å²) in [6, 6.07) is 9.20. The number of anilines is 1. The molecule has 0 fully saturated rings. The average Bonchev–Trinajstić information content (AvgIpc) is 2.94. The van der Waals surface area contributed by atoms with Crippen LogP contribution in [0.1, 0.15) is 15.9 Å². The van der Waals surface area contributed by atoms with Crippen molar-refractivity contribution in [1.29, 1.82) is 0 Å². The van der Waals surface area contributed by atoms with Gasteiger partial charge in [0.25, 0.3) is 5.91 Å². The number of aryl methyl sites for hydroxylation is 1. The maximum atomic E-state index is 12.5. The second-order valence-corrected chi connectivity index (χ2v) is 8.07. The van der Waals surface area contributed by atoms with Crippen molar-refractivity contribution in [3.05, 3.63) is 58.1 Å². The van der Waals surface area contributed by atoms with Crippen LogP contribution < -0.4 is 11.1 Å². The van der Waals surface area contributed by atoms with Gasteiger partial charge in [-0.1, -0.05) is 6.07 Å². The minimum atomic E-state index is -3.66. The van der Waals surface area contributed by atoms with Crippen molar-refractivity contribution in [1.82, 2.24) is 9.29 Å². The Kier molecular flexibility index (Phi) is 4.43. The Bertz CT molecular complexity index is 1160. The Morgan fingerprint density at radius 1 is 1.15 bits per heavy atom. The Balaban J connectivity index is 1.93. The van der Waals surface area contributed by atoms with Crippen LogP contribution >= 0.6 is 0 Å². The van der Waals surface area contributed by atoms with E-state index >= 15 is 0 Å². The molecule has 3 aromatic rings. The van der Waals surface area contributed by atoms with Crippen LogP contribution in [-0.4, -0.2) is 37.7 Å². The number of amides is 1. The molecule has 1 heterocycles. The van der Waals surface area contributed by atoms with E-state index < -0.39 is 21.7 Å². The molecule has 2 N–H and O–H groups in total. The van der Waals surface area contributed by atoms with Crippen LogP contribution in [0.25, 0.3) is 11.1 Å². The smallest absolute Gasteiger partial charge is 0.408 e. The molecule has 136 valence electrons. The predicted molar refractivity (Wildman–Crippen MR) is 96.8 cm³/mol. The summed E-state index contributed by atoms with van der Waals surface area (Å²) >= 11 is 0. The second kappa shape index (κ2) is 6.43. The molecular weight excluding hydrogens is 358 g/mol. The second-order valence-electron chi connectivity index (χ2n) is 5.95. The van der Waals surface area contributed by atoms with E-state index in [0.717, 1.165) is 4.31 Å². The molecule has 3 rings (SSSR count). The zero-order valence-corrected chi connectivity index (χ0v) is 15.2. The Morgan fingerprint density at radius 2 is 1.88 bits per heavy atom. The van der Waals surface area contributed by atoms with Crippen LogP contribution in [0.15, 0.2) is 50.5 Å². The van der Waals surface area contributed by atoms with Crippen LogP contribution in [0.5, 0.6) is 0 Å². The summed E-state index contributed by atoms with van der Waals surface area (Å²) in [5.41, 5.74) is 2.00. The van der Waals surface area contributed by atoms with Gasteiger partial charge in [-0.3, -0.25) is 9.78 Å². The lowest BCUT2D eigenvalue weighted by Gasteiger charge is -2.14. The molecule has 0 saturated carbocycles. The monoisotopic (exact) mass is 375 g/mol. The van der Waals surface area contributed by atoms with Crippen LogP contribution in [0.3, 0.4) is 0 Å². The van der Waals surface area contributed by atoms with Crippen molar-refractivity contribution in [2.24, 2.45) is 0 Å². The number of sulfonamides is 1. The van der Waals surface area contributed by atoms with Gasteiger partial charge in [-0.05, 0) is 36.8 Å². The zero-order chi connectivity index (χ0) is 19.1. The molecular formula is C17H17N3O5S. The topological polar surface area (TPSA) is 112 Å². The third-order valence-electron chi connectivity index (χ3n) is 3.89. The number of oxazole rings is 1. The van der Waals surface area contributed by atoms with Crippen molar-refractivity contribution in [3.8, 4) is 0 Å². The number of benzene rings is 2. The highest BCUT2D eigenvalue weighted by Gasteiger charge is 2.21. The third-order valence-corrected chi connectivity index (χ3v) is 5.84. The number of carbonyl (C=O) groups excluding carboxylic acids is 1. The van der Waals surface area contributed by atoms with Gasteiger partial charge in [-0.15, -0.1) is 0 Å². The lowest BCUT2D eigenvalue weighted by Crippen LogP contribution is -2.23. The summed E-state index contributed by atoms with van der Waals surface area (Å²) in [6.45, 7) is 1.67. The normalized spacial score (nSPS) is 11.8. The molecule has 1 aromatic heterocycles. The summed E-state index contributed by atoms with van der Waals surface area (Å²) in [5.74, 6) is -1.06. The number of aromatic nitrogens is 1. The van der Waals surface area contributed by atoms with E-state index in [1.807, 2.05) is 0 Å². The molecule has 2 aromatic carbocycles. The Hall–Kier alpha value is -2.91. The number of nitrogens with zero attached hydrogens (tertiary/aromatic N) is 1. The van der Waals surface area contributed by atoms with Gasteiger partial charge in [-0.25, -0.2) is 17.5 Å². The number of fused-ring (bicyclic) bond motifs is 1. The molecule has 0 bridgehead atoms. The molecule has 9 heteroatoms. The van der Waals surface area contributed by atoms with Crippen LogP contribution in [-0.2, 0) is 10.0 Å². The van der Waals surface area contributed by atoms with Gasteiger partial charge in [0.1, 0.15) is 0 Å². The first-order chi connectivity index (χ1) is 12.2. The molecule has 0 atom stereocenters. The van der Waals surface area contributed by atoms with Gasteiger partial charge in [0.2, 0.25) is 10.0 Å². The average molecular weight is 375 g/mol. The first-order valence-electron chi connectivity index (χ1n) is 7.66. The van der Waals surface area contributed by atoms with Gasteiger partial charge >= 0.3 is 5.76 Å². The maximum absolute atomic E-state index is 12.5. The van der Waals surface area contributed by atoms with E-state index in [1.165, 1.54) is 26.2 Å². The molecule has 0 aliphatic heterocycles. The third kappa shape index (κ3) is 3.26. The van der Waals surface area contributed by atoms with Gasteiger partial charge in [0.15, 0.2) is 5.58 Å². The molecule has 0 spiro atoms. The fourth-order valence-corrected chi connectivity index (χ4v) is 3.59. The van der Waals surface area contributed by atoms with Crippen LogP contribution in [0, 0.1) is 6.92 Å². The van der Waals surface area contributed by atoms with E-state index in [0.29, 0.717) is 22.4 Å². The summed E-state index contributed by atoms with van der Waals surface area (Å²) in [7, 11) is -0.799. The number of hydrogen-bond donors (Lipinski definition) is 2. The minimum Gasteiger partial charge on any atom is -0.408 e. The van der Waals surface area contributed by atoms with Crippen LogP contribution in [0.4, 0.5) is 5.69 Å². The van der Waals surface area contributed by atoms with E-state index in [1.54, 1.807) is 31.2 Å². The van der Waals surface area contributed by atoms with Gasteiger partial charge < -0.3 is 9.73 Å². The quantitative estimate of drug-likeness (QED) is 0.723. The molecule has 0 radical (unpaired) electrons. The highest BCUT2D eigenvalue weighted by atomic mass is 32.2. The SMILES string of the molecule is Cc1ccc(C(=O)Nc2ccc3[nH]c(=O)oc3c2)cc1S(=O)(=O)N(C)C. The molecule has 0 aliphatic rings. The summed E-state index contributed by atoms with van der Waals surface area (Å²) in [6.07, 6.45) is 0.